The van der Waals surface area contributed by atoms with Crippen LogP contribution in [0.1, 0.15) is 20.8 Å². The molecule has 130 valence electrons. The predicted octanol–water partition coefficient (Wildman–Crippen LogP) is 3.68. The van der Waals surface area contributed by atoms with Crippen LogP contribution in [0.15, 0.2) is 41.8 Å². The van der Waals surface area contributed by atoms with Crippen LogP contribution in [0.25, 0.3) is 6.08 Å². The third kappa shape index (κ3) is 4.71. The third-order valence-corrected chi connectivity index (χ3v) is 4.35. The lowest BCUT2D eigenvalue weighted by Crippen LogP contribution is -2.11. The molecule has 0 aliphatic carbocycles. The van der Waals surface area contributed by atoms with Gasteiger partial charge in [0.2, 0.25) is 5.91 Å². The monoisotopic (exact) mass is 359 g/mol. The molecule has 0 spiro atoms. The highest BCUT2D eigenvalue weighted by Gasteiger charge is 2.16. The van der Waals surface area contributed by atoms with Crippen molar-refractivity contribution in [2.75, 3.05) is 12.4 Å². The third-order valence-electron chi connectivity index (χ3n) is 3.27. The van der Waals surface area contributed by atoms with Crippen molar-refractivity contribution in [2.24, 2.45) is 0 Å². The fourth-order valence-corrected chi connectivity index (χ4v) is 2.87. The SMILES string of the molecule is COc1cc(/C=C/C=C/C(=O)Nc2c(C)csc2C(=O)O)ccc1O. The number of carbonyl (C=O) groups excluding carboxylic acids is 1. The van der Waals surface area contributed by atoms with E-state index in [0.717, 1.165) is 16.9 Å². The molecule has 0 atom stereocenters. The van der Waals surface area contributed by atoms with Gasteiger partial charge in [0.15, 0.2) is 11.5 Å². The number of aromatic carboxylic acids is 1. The van der Waals surface area contributed by atoms with Gasteiger partial charge >= 0.3 is 5.97 Å². The lowest BCUT2D eigenvalue weighted by atomic mass is 10.2. The molecule has 0 aliphatic heterocycles. The van der Waals surface area contributed by atoms with Gasteiger partial charge in [-0.1, -0.05) is 24.3 Å². The lowest BCUT2D eigenvalue weighted by molar-refractivity contribution is -0.111. The number of nitrogens with one attached hydrogen (secondary N) is 1. The summed E-state index contributed by atoms with van der Waals surface area (Å²) in [4.78, 5) is 23.1. The quantitative estimate of drug-likeness (QED) is 0.540. The summed E-state index contributed by atoms with van der Waals surface area (Å²) in [5.41, 5.74) is 1.82. The Morgan fingerprint density at radius 2 is 2.04 bits per heavy atom. The largest absolute Gasteiger partial charge is 0.504 e. The molecule has 0 aliphatic rings. The summed E-state index contributed by atoms with van der Waals surface area (Å²) in [6.07, 6.45) is 6.24. The number of hydrogen-bond acceptors (Lipinski definition) is 5. The first-order chi connectivity index (χ1) is 11.9. The highest BCUT2D eigenvalue weighted by molar-refractivity contribution is 7.12. The van der Waals surface area contributed by atoms with Crippen LogP contribution in [0.3, 0.4) is 0 Å². The predicted molar refractivity (Wildman–Crippen MR) is 97.5 cm³/mol. The van der Waals surface area contributed by atoms with Gasteiger partial charge < -0.3 is 20.3 Å². The van der Waals surface area contributed by atoms with Gasteiger partial charge in [-0.3, -0.25) is 4.79 Å². The summed E-state index contributed by atoms with van der Waals surface area (Å²) >= 11 is 1.07. The number of carboxylic acid groups (broad SMARTS) is 1. The number of rotatable bonds is 6. The number of aromatic hydroxyl groups is 1. The van der Waals surface area contributed by atoms with E-state index in [0.29, 0.717) is 17.0 Å². The number of carboxylic acids is 1. The lowest BCUT2D eigenvalue weighted by Gasteiger charge is -2.03. The number of phenols is 1. The topological polar surface area (TPSA) is 95.9 Å². The fourth-order valence-electron chi connectivity index (χ4n) is 2.03. The summed E-state index contributed by atoms with van der Waals surface area (Å²) in [7, 11) is 1.46. The molecular weight excluding hydrogens is 342 g/mol. The van der Waals surface area contributed by atoms with E-state index in [-0.39, 0.29) is 10.6 Å². The van der Waals surface area contributed by atoms with Crippen LogP contribution in [0.2, 0.25) is 0 Å². The Balaban J connectivity index is 2.01. The van der Waals surface area contributed by atoms with E-state index >= 15 is 0 Å². The summed E-state index contributed by atoms with van der Waals surface area (Å²) < 4.78 is 5.02. The second kappa shape index (κ2) is 8.16. The maximum Gasteiger partial charge on any atom is 0.348 e. The van der Waals surface area contributed by atoms with Gasteiger partial charge in [0.1, 0.15) is 4.88 Å². The first-order valence-electron chi connectivity index (χ1n) is 7.26. The van der Waals surface area contributed by atoms with Crippen molar-refractivity contribution >= 4 is 35.0 Å². The highest BCUT2D eigenvalue weighted by atomic mass is 32.1. The summed E-state index contributed by atoms with van der Waals surface area (Å²) in [5, 5.41) is 22.9. The van der Waals surface area contributed by atoms with E-state index in [1.165, 1.54) is 25.3 Å². The van der Waals surface area contributed by atoms with Gasteiger partial charge in [0, 0.05) is 6.08 Å². The van der Waals surface area contributed by atoms with Crippen LogP contribution in [0, 0.1) is 6.92 Å². The summed E-state index contributed by atoms with van der Waals surface area (Å²) in [5.74, 6) is -1.08. The molecule has 1 aromatic carbocycles. The minimum atomic E-state index is -1.07. The molecule has 3 N–H and O–H groups in total. The van der Waals surface area contributed by atoms with Gasteiger partial charge in [0.25, 0.3) is 0 Å². The zero-order chi connectivity index (χ0) is 18.4. The molecule has 7 heteroatoms. The maximum absolute atomic E-state index is 11.9. The molecule has 2 aromatic rings. The Hall–Kier alpha value is -3.06. The fraction of sp³-hybridized carbons (Fsp3) is 0.111. The molecule has 6 nitrogen and oxygen atoms in total. The molecule has 1 aromatic heterocycles. The van der Waals surface area contributed by atoms with Crippen molar-refractivity contribution in [3.63, 3.8) is 0 Å². The Morgan fingerprint density at radius 3 is 2.72 bits per heavy atom. The van der Waals surface area contributed by atoms with Gasteiger partial charge in [-0.15, -0.1) is 11.3 Å². The van der Waals surface area contributed by atoms with E-state index in [1.807, 2.05) is 0 Å². The van der Waals surface area contributed by atoms with Gasteiger partial charge in [-0.25, -0.2) is 4.79 Å². The molecule has 0 saturated heterocycles. The zero-order valence-corrected chi connectivity index (χ0v) is 14.5. The van der Waals surface area contributed by atoms with Crippen LogP contribution in [0.4, 0.5) is 5.69 Å². The standard InChI is InChI=1S/C18H17NO5S/c1-11-10-25-17(18(22)23)16(11)19-15(21)6-4-3-5-12-7-8-13(20)14(9-12)24-2/h3-10,20H,1-2H3,(H,19,21)(H,22,23)/b5-3+,6-4+. The number of allylic oxidation sites excluding steroid dienone is 2. The average Bonchev–Trinajstić information content (AvgIpc) is 2.94. The number of ether oxygens (including phenoxy) is 1. The Bertz CT molecular complexity index is 851. The minimum Gasteiger partial charge on any atom is -0.504 e. The van der Waals surface area contributed by atoms with Crippen molar-refractivity contribution in [3.05, 3.63) is 57.8 Å². The Labute approximate surface area is 148 Å². The van der Waals surface area contributed by atoms with E-state index < -0.39 is 11.9 Å². The molecule has 1 amide bonds. The Kier molecular flexibility index (Phi) is 5.97. The van der Waals surface area contributed by atoms with E-state index in [9.17, 15) is 14.7 Å². The molecule has 0 radical (unpaired) electrons. The van der Waals surface area contributed by atoms with Crippen LogP contribution < -0.4 is 10.1 Å². The molecule has 0 fully saturated rings. The smallest absolute Gasteiger partial charge is 0.348 e. The number of aryl methyl sites for hydroxylation is 1. The van der Waals surface area contributed by atoms with Crippen molar-refractivity contribution in [1.82, 2.24) is 0 Å². The Morgan fingerprint density at radius 1 is 1.28 bits per heavy atom. The van der Waals surface area contributed by atoms with Gasteiger partial charge in [-0.2, -0.15) is 0 Å². The molecule has 1 heterocycles. The maximum atomic E-state index is 11.9. The number of carbonyl (C=O) groups is 2. The number of benzene rings is 1. The van der Waals surface area contributed by atoms with E-state index in [2.05, 4.69) is 5.32 Å². The van der Waals surface area contributed by atoms with Crippen LogP contribution in [-0.4, -0.2) is 29.2 Å². The first kappa shape index (κ1) is 18.3. The van der Waals surface area contributed by atoms with Crippen molar-refractivity contribution < 1.29 is 24.5 Å². The number of amides is 1. The zero-order valence-electron chi connectivity index (χ0n) is 13.6. The number of phenolic OH excluding ortho intramolecular Hbond substituents is 1. The number of hydrogen-bond donors (Lipinski definition) is 3. The highest BCUT2D eigenvalue weighted by Crippen LogP contribution is 2.28. The second-order valence-corrected chi connectivity index (χ2v) is 5.95. The molecule has 0 saturated carbocycles. The van der Waals surface area contributed by atoms with Crippen molar-refractivity contribution in [3.8, 4) is 11.5 Å². The molecule has 0 unspecified atom stereocenters. The average molecular weight is 359 g/mol. The summed E-state index contributed by atoms with van der Waals surface area (Å²) in [6.45, 7) is 1.74. The number of thiophene rings is 1. The molecule has 0 bridgehead atoms. The molecule has 2 rings (SSSR count). The second-order valence-electron chi connectivity index (χ2n) is 5.07. The minimum absolute atomic E-state index is 0.0509. The van der Waals surface area contributed by atoms with Gasteiger partial charge in [-0.05, 0) is 35.6 Å². The van der Waals surface area contributed by atoms with E-state index in [4.69, 9.17) is 9.84 Å². The first-order valence-corrected chi connectivity index (χ1v) is 8.14. The summed E-state index contributed by atoms with van der Waals surface area (Å²) in [6, 6.07) is 4.88. The van der Waals surface area contributed by atoms with E-state index in [1.54, 1.807) is 36.6 Å². The molecular formula is C18H17NO5S. The van der Waals surface area contributed by atoms with Crippen LogP contribution >= 0.6 is 11.3 Å². The molecule has 25 heavy (non-hydrogen) atoms. The van der Waals surface area contributed by atoms with Gasteiger partial charge in [0.05, 0.1) is 12.8 Å². The van der Waals surface area contributed by atoms with Crippen LogP contribution in [0.5, 0.6) is 11.5 Å². The van der Waals surface area contributed by atoms with Crippen LogP contribution in [-0.2, 0) is 4.79 Å². The number of anilines is 1. The van der Waals surface area contributed by atoms with Crippen molar-refractivity contribution in [1.29, 1.82) is 0 Å². The normalized spacial score (nSPS) is 11.1. The number of methoxy groups -OCH3 is 1. The van der Waals surface area contributed by atoms with Crippen molar-refractivity contribution in [2.45, 2.75) is 6.92 Å².